The van der Waals surface area contributed by atoms with Gasteiger partial charge in [0.15, 0.2) is 5.82 Å². The van der Waals surface area contributed by atoms with Gasteiger partial charge in [-0.25, -0.2) is 9.97 Å². The molecule has 0 radical (unpaired) electrons. The number of ether oxygens (including phenoxy) is 1. The van der Waals surface area contributed by atoms with Crippen LogP contribution in [0.5, 0.6) is 0 Å². The predicted octanol–water partition coefficient (Wildman–Crippen LogP) is 3.71. The minimum Gasteiger partial charge on any atom is -0.377 e. The van der Waals surface area contributed by atoms with Gasteiger partial charge in [0.2, 0.25) is 0 Å². The van der Waals surface area contributed by atoms with Crippen molar-refractivity contribution in [3.63, 3.8) is 0 Å². The Labute approximate surface area is 175 Å². The molecule has 5 heteroatoms. The second-order valence-electron chi connectivity index (χ2n) is 8.86. The van der Waals surface area contributed by atoms with Gasteiger partial charge in [0, 0.05) is 44.7 Å². The van der Waals surface area contributed by atoms with E-state index in [-0.39, 0.29) is 0 Å². The third-order valence-corrected chi connectivity index (χ3v) is 6.79. The van der Waals surface area contributed by atoms with Crippen molar-refractivity contribution in [2.45, 2.75) is 45.3 Å². The van der Waals surface area contributed by atoms with E-state index in [2.05, 4.69) is 57.0 Å². The lowest BCUT2D eigenvalue weighted by Crippen LogP contribution is -2.51. The molecule has 0 bridgehead atoms. The maximum atomic E-state index is 5.10. The molecule has 5 nitrogen and oxygen atoms in total. The second kappa shape index (κ2) is 9.33. The fraction of sp³-hybridized carbons (Fsp3) is 0.583. The molecule has 3 heterocycles. The van der Waals surface area contributed by atoms with Gasteiger partial charge < -0.3 is 9.64 Å². The number of hydrogen-bond acceptors (Lipinski definition) is 5. The Kier molecular flexibility index (Phi) is 6.58. The summed E-state index contributed by atoms with van der Waals surface area (Å²) in [5, 5.41) is 0. The molecule has 2 fully saturated rings. The van der Waals surface area contributed by atoms with Gasteiger partial charge in [0.25, 0.3) is 0 Å². The zero-order valence-corrected chi connectivity index (χ0v) is 17.9. The van der Waals surface area contributed by atoms with Crippen molar-refractivity contribution in [3.8, 4) is 0 Å². The molecule has 0 N–H and O–H groups in total. The van der Waals surface area contributed by atoms with Crippen molar-refractivity contribution in [2.24, 2.45) is 5.41 Å². The van der Waals surface area contributed by atoms with Crippen molar-refractivity contribution in [2.75, 3.05) is 39.8 Å². The summed E-state index contributed by atoms with van der Waals surface area (Å²) in [7, 11) is 1.67. The molecule has 4 rings (SSSR count). The summed E-state index contributed by atoms with van der Waals surface area (Å²) in [6, 6.07) is 11.1. The number of benzene rings is 1. The number of rotatable bonds is 6. The van der Waals surface area contributed by atoms with Crippen LogP contribution in [-0.2, 0) is 17.9 Å². The van der Waals surface area contributed by atoms with E-state index in [4.69, 9.17) is 4.74 Å². The highest BCUT2D eigenvalue weighted by Crippen LogP contribution is 2.45. The van der Waals surface area contributed by atoms with Gasteiger partial charge in [-0.3, -0.25) is 4.90 Å². The van der Waals surface area contributed by atoms with Crippen LogP contribution in [0, 0.1) is 5.41 Å². The molecule has 2 aliphatic rings. The van der Waals surface area contributed by atoms with E-state index in [1.165, 1.54) is 56.6 Å². The predicted molar refractivity (Wildman–Crippen MR) is 116 cm³/mol. The summed E-state index contributed by atoms with van der Waals surface area (Å²) >= 11 is 0. The van der Waals surface area contributed by atoms with Crippen LogP contribution in [0.25, 0.3) is 0 Å². The van der Waals surface area contributed by atoms with E-state index in [0.29, 0.717) is 17.9 Å². The smallest absolute Gasteiger partial charge is 0.153 e. The Morgan fingerprint density at radius 1 is 1.07 bits per heavy atom. The van der Waals surface area contributed by atoms with Crippen LogP contribution in [-0.4, -0.2) is 59.6 Å². The molecule has 29 heavy (non-hydrogen) atoms. The summed E-state index contributed by atoms with van der Waals surface area (Å²) in [6.45, 7) is 9.68. The minimum absolute atomic E-state index is 0.462. The van der Waals surface area contributed by atoms with Crippen molar-refractivity contribution < 1.29 is 4.74 Å². The van der Waals surface area contributed by atoms with Gasteiger partial charge in [-0.2, -0.15) is 0 Å². The monoisotopic (exact) mass is 394 g/mol. The van der Waals surface area contributed by atoms with Crippen molar-refractivity contribution >= 4 is 0 Å². The van der Waals surface area contributed by atoms with E-state index in [0.717, 1.165) is 18.9 Å². The molecule has 1 unspecified atom stereocenters. The van der Waals surface area contributed by atoms with Crippen LogP contribution in [0.3, 0.4) is 0 Å². The van der Waals surface area contributed by atoms with Gasteiger partial charge in [-0.1, -0.05) is 37.3 Å². The van der Waals surface area contributed by atoms with Crippen LogP contribution in [0.1, 0.15) is 49.1 Å². The molecule has 1 aromatic carbocycles. The maximum absolute atomic E-state index is 5.10. The summed E-state index contributed by atoms with van der Waals surface area (Å²) in [5.74, 6) is 1.42. The number of nitrogens with zero attached hydrogens (tertiary/aromatic N) is 4. The molecule has 1 aromatic heterocycles. The first kappa shape index (κ1) is 20.5. The molecular formula is C24H34N4O. The quantitative estimate of drug-likeness (QED) is 0.747. The fourth-order valence-electron chi connectivity index (χ4n) is 5.16. The standard InChI is InChI=1S/C24H34N4O/c1-3-27-17-22(21-7-5-4-6-8-21)13-24(19-27)9-11-28(12-10-24)16-20-14-25-23(18-29-2)26-15-20/h4-8,14-15,22H,3,9-13,16-19H2,1-2H3. The number of hydrogen-bond donors (Lipinski definition) is 0. The summed E-state index contributed by atoms with van der Waals surface area (Å²) in [5.41, 5.74) is 3.17. The van der Waals surface area contributed by atoms with Gasteiger partial charge in [0.1, 0.15) is 6.61 Å². The van der Waals surface area contributed by atoms with Crippen LogP contribution < -0.4 is 0 Å². The lowest BCUT2D eigenvalue weighted by Gasteiger charge is -2.50. The van der Waals surface area contributed by atoms with Gasteiger partial charge >= 0.3 is 0 Å². The van der Waals surface area contributed by atoms with E-state index >= 15 is 0 Å². The molecule has 1 atom stereocenters. The van der Waals surface area contributed by atoms with E-state index in [9.17, 15) is 0 Å². The molecule has 0 saturated carbocycles. The van der Waals surface area contributed by atoms with Crippen LogP contribution in [0.2, 0.25) is 0 Å². The van der Waals surface area contributed by atoms with Gasteiger partial charge in [-0.15, -0.1) is 0 Å². The van der Waals surface area contributed by atoms with E-state index in [1.807, 2.05) is 12.4 Å². The van der Waals surface area contributed by atoms with E-state index in [1.54, 1.807) is 7.11 Å². The minimum atomic E-state index is 0.462. The molecule has 2 saturated heterocycles. The van der Waals surface area contributed by atoms with Crippen molar-refractivity contribution in [3.05, 3.63) is 59.7 Å². The highest BCUT2D eigenvalue weighted by atomic mass is 16.5. The lowest BCUT2D eigenvalue weighted by molar-refractivity contribution is 0.0137. The average Bonchev–Trinajstić information content (AvgIpc) is 2.77. The van der Waals surface area contributed by atoms with Gasteiger partial charge in [0.05, 0.1) is 0 Å². The fourth-order valence-corrected chi connectivity index (χ4v) is 5.16. The maximum Gasteiger partial charge on any atom is 0.153 e. The molecule has 156 valence electrons. The molecule has 0 aliphatic carbocycles. The van der Waals surface area contributed by atoms with Crippen LogP contribution >= 0.6 is 0 Å². The van der Waals surface area contributed by atoms with Gasteiger partial charge in [-0.05, 0) is 55.8 Å². The number of methoxy groups -OCH3 is 1. The molecule has 0 amide bonds. The normalized spacial score (nSPS) is 22.8. The lowest BCUT2D eigenvalue weighted by atomic mass is 9.68. The average molecular weight is 395 g/mol. The molecule has 1 spiro atoms. The summed E-state index contributed by atoms with van der Waals surface area (Å²) in [6.07, 6.45) is 7.81. The Hall–Kier alpha value is -1.82. The first-order chi connectivity index (χ1) is 14.2. The largest absolute Gasteiger partial charge is 0.377 e. The van der Waals surface area contributed by atoms with E-state index < -0.39 is 0 Å². The Balaban J connectivity index is 1.37. The number of piperidine rings is 2. The first-order valence-electron chi connectivity index (χ1n) is 11.0. The van der Waals surface area contributed by atoms with Crippen LogP contribution in [0.4, 0.5) is 0 Å². The highest BCUT2D eigenvalue weighted by Gasteiger charge is 2.41. The van der Waals surface area contributed by atoms with Crippen molar-refractivity contribution in [1.29, 1.82) is 0 Å². The first-order valence-corrected chi connectivity index (χ1v) is 11.0. The Morgan fingerprint density at radius 3 is 2.45 bits per heavy atom. The SMILES string of the molecule is CCN1CC(c2ccccc2)CC2(CCN(Cc3cnc(COC)nc3)CC2)C1. The number of aromatic nitrogens is 2. The topological polar surface area (TPSA) is 41.5 Å². The van der Waals surface area contributed by atoms with Crippen molar-refractivity contribution in [1.82, 2.24) is 19.8 Å². The zero-order chi connectivity index (χ0) is 20.1. The highest BCUT2D eigenvalue weighted by molar-refractivity contribution is 5.21. The summed E-state index contributed by atoms with van der Waals surface area (Å²) in [4.78, 5) is 14.1. The number of likely N-dealkylation sites (tertiary alicyclic amines) is 2. The zero-order valence-electron chi connectivity index (χ0n) is 17.9. The summed E-state index contributed by atoms with van der Waals surface area (Å²) < 4.78 is 5.10. The second-order valence-corrected chi connectivity index (χ2v) is 8.86. The third kappa shape index (κ3) is 5.03. The number of likely N-dealkylation sites (N-methyl/N-ethyl adjacent to an activating group) is 1. The third-order valence-electron chi connectivity index (χ3n) is 6.79. The van der Waals surface area contributed by atoms with Crippen LogP contribution in [0.15, 0.2) is 42.7 Å². The molecular weight excluding hydrogens is 360 g/mol. The molecule has 2 aliphatic heterocycles. The Morgan fingerprint density at radius 2 is 1.79 bits per heavy atom. The Bertz CT molecular complexity index is 756. The molecule has 2 aromatic rings.